The van der Waals surface area contributed by atoms with E-state index in [2.05, 4.69) is 0 Å². The molecule has 0 N–H and O–H groups in total. The van der Waals surface area contributed by atoms with E-state index in [-0.39, 0.29) is 24.6 Å². The van der Waals surface area contributed by atoms with Gasteiger partial charge in [0.1, 0.15) is 0 Å². The molecule has 1 aromatic carbocycles. The molecule has 23 heavy (non-hydrogen) atoms. The maximum Gasteiger partial charge on any atom is 0.373 e. The number of benzene rings is 1. The van der Waals surface area contributed by atoms with Gasteiger partial charge in [0.25, 0.3) is 0 Å². The van der Waals surface area contributed by atoms with E-state index in [1.165, 1.54) is 6.08 Å². The summed E-state index contributed by atoms with van der Waals surface area (Å²) in [6, 6.07) is 7.97. The number of fused-ring (bicyclic) bond motifs is 1. The molecular formula is C18H21NO4. The lowest BCUT2D eigenvalue weighted by atomic mass is 9.74. The lowest BCUT2D eigenvalue weighted by molar-refractivity contribution is -0.153. The van der Waals surface area contributed by atoms with Crippen molar-refractivity contribution in [1.82, 2.24) is 0 Å². The second-order valence-electron chi connectivity index (χ2n) is 6.46. The zero-order valence-corrected chi connectivity index (χ0v) is 13.9. The molecule has 0 fully saturated rings. The van der Waals surface area contributed by atoms with Crippen molar-refractivity contribution >= 4 is 17.4 Å². The molecule has 122 valence electrons. The van der Waals surface area contributed by atoms with Crippen LogP contribution < -0.4 is 4.90 Å². The second kappa shape index (κ2) is 5.11. The van der Waals surface area contributed by atoms with Crippen LogP contribution in [0.25, 0.3) is 0 Å². The zero-order valence-electron chi connectivity index (χ0n) is 13.9. The standard InChI is InChI=1S/C18H21NO4/c1-5-22-16(21)15-10-12(20)11-18(23-15)17(2,3)13-8-6-7-9-14(13)19(18)4/h6-10H,5,11H2,1-4H3/t18-/m0/s1. The number of ether oxygens (including phenoxy) is 2. The fourth-order valence-electron chi connectivity index (χ4n) is 3.64. The van der Waals surface area contributed by atoms with Gasteiger partial charge in [-0.2, -0.15) is 0 Å². The van der Waals surface area contributed by atoms with Crippen molar-refractivity contribution in [2.24, 2.45) is 0 Å². The molecule has 5 heteroatoms. The molecule has 2 heterocycles. The van der Waals surface area contributed by atoms with E-state index >= 15 is 0 Å². The summed E-state index contributed by atoms with van der Waals surface area (Å²) in [4.78, 5) is 26.4. The summed E-state index contributed by atoms with van der Waals surface area (Å²) < 4.78 is 11.1. The maximum absolute atomic E-state index is 12.3. The van der Waals surface area contributed by atoms with E-state index in [0.717, 1.165) is 11.3 Å². The molecule has 0 saturated carbocycles. The number of nitrogens with zero attached hydrogens (tertiary/aromatic N) is 1. The van der Waals surface area contributed by atoms with Crippen molar-refractivity contribution in [2.45, 2.75) is 38.3 Å². The summed E-state index contributed by atoms with van der Waals surface area (Å²) in [6.07, 6.45) is 1.43. The number of carbonyl (C=O) groups excluding carboxylic acids is 2. The highest BCUT2D eigenvalue weighted by molar-refractivity contribution is 6.00. The monoisotopic (exact) mass is 315 g/mol. The Labute approximate surface area is 135 Å². The number of carbonyl (C=O) groups is 2. The van der Waals surface area contributed by atoms with E-state index < -0.39 is 17.1 Å². The van der Waals surface area contributed by atoms with Crippen LogP contribution in [0.15, 0.2) is 36.1 Å². The lowest BCUT2D eigenvalue weighted by Crippen LogP contribution is -2.59. The highest BCUT2D eigenvalue weighted by atomic mass is 16.6. The third kappa shape index (κ3) is 2.06. The molecule has 0 aliphatic carbocycles. The summed E-state index contributed by atoms with van der Waals surface area (Å²) in [5.74, 6) is -0.747. The molecule has 2 aliphatic heterocycles. The third-order valence-corrected chi connectivity index (χ3v) is 4.92. The second-order valence-corrected chi connectivity index (χ2v) is 6.46. The van der Waals surface area contributed by atoms with Gasteiger partial charge < -0.3 is 14.4 Å². The predicted molar refractivity (Wildman–Crippen MR) is 86.0 cm³/mol. The number of para-hydroxylation sites is 1. The summed E-state index contributed by atoms with van der Waals surface area (Å²) in [7, 11) is 1.90. The number of hydrogen-bond acceptors (Lipinski definition) is 5. The van der Waals surface area contributed by atoms with Crippen molar-refractivity contribution in [3.63, 3.8) is 0 Å². The normalized spacial score (nSPS) is 25.0. The summed E-state index contributed by atoms with van der Waals surface area (Å²) >= 11 is 0. The minimum Gasteiger partial charge on any atom is -0.460 e. The molecule has 1 aromatic rings. The van der Waals surface area contributed by atoms with E-state index in [0.29, 0.717) is 0 Å². The number of rotatable bonds is 2. The zero-order chi connectivity index (χ0) is 16.8. The van der Waals surface area contributed by atoms with Crippen LogP contribution in [0.4, 0.5) is 5.69 Å². The van der Waals surface area contributed by atoms with Gasteiger partial charge in [-0.15, -0.1) is 0 Å². The minimum atomic E-state index is -0.926. The highest BCUT2D eigenvalue weighted by Crippen LogP contribution is 2.54. The van der Waals surface area contributed by atoms with Gasteiger partial charge in [0.2, 0.25) is 5.76 Å². The number of hydrogen-bond donors (Lipinski definition) is 0. The van der Waals surface area contributed by atoms with Crippen LogP contribution in [0.2, 0.25) is 0 Å². The number of allylic oxidation sites excluding steroid dienone is 1. The topological polar surface area (TPSA) is 55.8 Å². The highest BCUT2D eigenvalue weighted by Gasteiger charge is 2.60. The molecule has 0 amide bonds. The van der Waals surface area contributed by atoms with Gasteiger partial charge >= 0.3 is 5.97 Å². The van der Waals surface area contributed by atoms with Gasteiger partial charge in [-0.3, -0.25) is 4.79 Å². The molecular weight excluding hydrogens is 294 g/mol. The van der Waals surface area contributed by atoms with Crippen LogP contribution in [0.5, 0.6) is 0 Å². The van der Waals surface area contributed by atoms with Gasteiger partial charge in [0.05, 0.1) is 18.4 Å². The first-order valence-electron chi connectivity index (χ1n) is 7.77. The summed E-state index contributed by atoms with van der Waals surface area (Å²) in [5, 5.41) is 0. The number of ketones is 1. The Balaban J connectivity index is 2.08. The Kier molecular flexibility index (Phi) is 3.47. The van der Waals surface area contributed by atoms with Gasteiger partial charge in [-0.25, -0.2) is 4.79 Å². The number of anilines is 1. The van der Waals surface area contributed by atoms with Gasteiger partial charge in [-0.05, 0) is 32.4 Å². The predicted octanol–water partition coefficient (Wildman–Crippen LogP) is 2.55. The van der Waals surface area contributed by atoms with Crippen LogP contribution in [-0.2, 0) is 24.5 Å². The molecule has 0 aromatic heterocycles. The fourth-order valence-corrected chi connectivity index (χ4v) is 3.64. The molecule has 0 bridgehead atoms. The Morgan fingerprint density at radius 3 is 2.70 bits per heavy atom. The minimum absolute atomic E-state index is 0.0177. The Bertz CT molecular complexity index is 707. The van der Waals surface area contributed by atoms with E-state index in [1.54, 1.807) is 6.92 Å². The van der Waals surface area contributed by atoms with Gasteiger partial charge in [-0.1, -0.05) is 18.2 Å². The Hall–Kier alpha value is -2.30. The van der Waals surface area contributed by atoms with Crippen molar-refractivity contribution in [2.75, 3.05) is 18.6 Å². The SMILES string of the molecule is CCOC(=O)C1=CC(=O)C[C@@]2(O1)N(C)c1ccccc1C2(C)C. The maximum atomic E-state index is 12.3. The first-order chi connectivity index (χ1) is 10.8. The van der Waals surface area contributed by atoms with Crippen molar-refractivity contribution in [1.29, 1.82) is 0 Å². The van der Waals surface area contributed by atoms with Crippen LogP contribution in [0, 0.1) is 0 Å². The van der Waals surface area contributed by atoms with E-state index in [4.69, 9.17) is 9.47 Å². The molecule has 0 saturated heterocycles. The third-order valence-electron chi connectivity index (χ3n) is 4.92. The largest absolute Gasteiger partial charge is 0.460 e. The first kappa shape index (κ1) is 15.6. The van der Waals surface area contributed by atoms with E-state index in [1.807, 2.05) is 50.1 Å². The Morgan fingerprint density at radius 1 is 1.35 bits per heavy atom. The average molecular weight is 315 g/mol. The molecule has 1 atom stereocenters. The number of esters is 1. The Morgan fingerprint density at radius 2 is 2.04 bits per heavy atom. The van der Waals surface area contributed by atoms with Gasteiger partial charge in [0, 0.05) is 18.8 Å². The van der Waals surface area contributed by atoms with Crippen LogP contribution in [-0.4, -0.2) is 31.1 Å². The van der Waals surface area contributed by atoms with Crippen LogP contribution in [0.3, 0.4) is 0 Å². The molecule has 1 spiro atoms. The molecule has 0 radical (unpaired) electrons. The first-order valence-corrected chi connectivity index (χ1v) is 7.77. The van der Waals surface area contributed by atoms with E-state index in [9.17, 15) is 9.59 Å². The number of likely N-dealkylation sites (N-methyl/N-ethyl adjacent to an activating group) is 1. The van der Waals surface area contributed by atoms with Crippen molar-refractivity contribution < 1.29 is 19.1 Å². The summed E-state index contributed by atoms with van der Waals surface area (Å²) in [5.41, 5.74) is 0.723. The smallest absolute Gasteiger partial charge is 0.373 e. The van der Waals surface area contributed by atoms with Crippen LogP contribution in [0.1, 0.15) is 32.8 Å². The average Bonchev–Trinajstić information content (AvgIpc) is 2.67. The quantitative estimate of drug-likeness (QED) is 0.785. The molecule has 5 nitrogen and oxygen atoms in total. The van der Waals surface area contributed by atoms with Gasteiger partial charge in [0.15, 0.2) is 11.5 Å². The van der Waals surface area contributed by atoms with Crippen LogP contribution >= 0.6 is 0 Å². The van der Waals surface area contributed by atoms with Crippen molar-refractivity contribution in [3.8, 4) is 0 Å². The molecule has 0 unspecified atom stereocenters. The fraction of sp³-hybridized carbons (Fsp3) is 0.444. The lowest BCUT2D eigenvalue weighted by Gasteiger charge is -2.47. The van der Waals surface area contributed by atoms with Crippen molar-refractivity contribution in [3.05, 3.63) is 41.7 Å². The molecule has 3 rings (SSSR count). The molecule has 2 aliphatic rings. The summed E-state index contributed by atoms with van der Waals surface area (Å²) in [6.45, 7) is 6.04.